The van der Waals surface area contributed by atoms with Crippen molar-refractivity contribution in [1.29, 1.82) is 5.26 Å². The van der Waals surface area contributed by atoms with Crippen molar-refractivity contribution < 1.29 is 14.3 Å². The molecule has 0 saturated carbocycles. The van der Waals surface area contributed by atoms with Gasteiger partial charge in [0.1, 0.15) is 6.04 Å². The van der Waals surface area contributed by atoms with E-state index < -0.39 is 6.04 Å². The summed E-state index contributed by atoms with van der Waals surface area (Å²) in [6.07, 6.45) is 0. The average Bonchev–Trinajstić information content (AvgIpc) is 2.33. The third kappa shape index (κ3) is 8.99. The number of methoxy groups -OCH3 is 1. The van der Waals surface area contributed by atoms with Crippen LogP contribution in [0.1, 0.15) is 13.8 Å². The number of nitrogens with one attached hydrogen (secondary N) is 2. The van der Waals surface area contributed by atoms with E-state index >= 15 is 0 Å². The Morgan fingerprint density at radius 3 is 2.00 bits per heavy atom. The zero-order valence-corrected chi connectivity index (χ0v) is 11.7. The van der Waals surface area contributed by atoms with Gasteiger partial charge in [-0.05, 0) is 0 Å². The summed E-state index contributed by atoms with van der Waals surface area (Å²) in [5.74, 6) is -0.218. The highest BCUT2D eigenvalue weighted by atomic mass is 16.5. The normalized spacial score (nSPS) is 11.7. The molecule has 0 aliphatic rings. The van der Waals surface area contributed by atoms with Crippen LogP contribution in [-0.2, 0) is 14.3 Å². The SMILES string of the molecule is COCC(C#N)N(CCNC(C)=O)CCNC(C)=O. The molecule has 0 rings (SSSR count). The Labute approximate surface area is 113 Å². The lowest BCUT2D eigenvalue weighted by Gasteiger charge is -2.26. The van der Waals surface area contributed by atoms with Crippen molar-refractivity contribution in [2.75, 3.05) is 39.9 Å². The molecule has 0 bridgehead atoms. The molecule has 0 spiro atoms. The highest BCUT2D eigenvalue weighted by Crippen LogP contribution is 1.98. The number of ether oxygens (including phenoxy) is 1. The Bertz CT molecular complexity index is 307. The Hall–Kier alpha value is -1.65. The molecular weight excluding hydrogens is 248 g/mol. The maximum Gasteiger partial charge on any atom is 0.216 e. The second kappa shape index (κ2) is 10.3. The molecule has 0 aliphatic heterocycles. The highest BCUT2D eigenvalue weighted by molar-refractivity contribution is 5.73. The molecule has 7 heteroatoms. The second-order valence-corrected chi connectivity index (χ2v) is 4.10. The van der Waals surface area contributed by atoms with Crippen LogP contribution >= 0.6 is 0 Å². The van der Waals surface area contributed by atoms with Crippen molar-refractivity contribution in [1.82, 2.24) is 15.5 Å². The fourth-order valence-corrected chi connectivity index (χ4v) is 1.56. The molecule has 1 unspecified atom stereocenters. The maximum atomic E-state index is 10.8. The summed E-state index contributed by atoms with van der Waals surface area (Å²) < 4.78 is 4.99. The molecule has 0 aromatic carbocycles. The summed E-state index contributed by atoms with van der Waals surface area (Å²) in [7, 11) is 1.53. The lowest BCUT2D eigenvalue weighted by atomic mass is 10.2. The van der Waals surface area contributed by atoms with E-state index in [0.717, 1.165) is 0 Å². The molecule has 2 amide bonds. The number of nitriles is 1. The van der Waals surface area contributed by atoms with Crippen LogP contribution < -0.4 is 10.6 Å². The standard InChI is InChI=1S/C12H22N4O3/c1-10(17)14-4-6-16(7-5-15-11(2)18)12(8-13)9-19-3/h12H,4-7,9H2,1-3H3,(H,14,17)(H,15,18). The minimum Gasteiger partial charge on any atom is -0.382 e. The third-order valence-corrected chi connectivity index (χ3v) is 2.46. The van der Waals surface area contributed by atoms with Gasteiger partial charge in [-0.1, -0.05) is 0 Å². The lowest BCUT2D eigenvalue weighted by Crippen LogP contribution is -2.45. The first-order chi connectivity index (χ1) is 9.01. The Balaban J connectivity index is 4.31. The number of hydrogen-bond donors (Lipinski definition) is 2. The van der Waals surface area contributed by atoms with Crippen LogP contribution in [0.5, 0.6) is 0 Å². The molecule has 2 N–H and O–H groups in total. The smallest absolute Gasteiger partial charge is 0.216 e. The quantitative estimate of drug-likeness (QED) is 0.566. The zero-order valence-electron chi connectivity index (χ0n) is 11.7. The monoisotopic (exact) mass is 270 g/mol. The molecule has 0 heterocycles. The van der Waals surface area contributed by atoms with Gasteiger partial charge < -0.3 is 15.4 Å². The van der Waals surface area contributed by atoms with Gasteiger partial charge in [-0.3, -0.25) is 14.5 Å². The van der Waals surface area contributed by atoms with E-state index in [0.29, 0.717) is 26.2 Å². The molecule has 7 nitrogen and oxygen atoms in total. The van der Waals surface area contributed by atoms with Crippen molar-refractivity contribution in [3.05, 3.63) is 0 Å². The summed E-state index contributed by atoms with van der Waals surface area (Å²) in [6, 6.07) is 1.76. The molecule has 1 atom stereocenters. The number of carbonyl (C=O) groups excluding carboxylic acids is 2. The molecule has 19 heavy (non-hydrogen) atoms. The van der Waals surface area contributed by atoms with Gasteiger partial charge in [0.15, 0.2) is 0 Å². The summed E-state index contributed by atoms with van der Waals surface area (Å²) in [5, 5.41) is 14.5. The fourth-order valence-electron chi connectivity index (χ4n) is 1.56. The van der Waals surface area contributed by atoms with Gasteiger partial charge in [0.2, 0.25) is 11.8 Å². The van der Waals surface area contributed by atoms with Crippen molar-refractivity contribution in [2.45, 2.75) is 19.9 Å². The van der Waals surface area contributed by atoms with Crippen LogP contribution in [0.4, 0.5) is 0 Å². The van der Waals surface area contributed by atoms with Gasteiger partial charge >= 0.3 is 0 Å². The van der Waals surface area contributed by atoms with Crippen molar-refractivity contribution in [3.63, 3.8) is 0 Å². The minimum absolute atomic E-state index is 0.109. The fraction of sp³-hybridized carbons (Fsp3) is 0.750. The van der Waals surface area contributed by atoms with Gasteiger partial charge in [-0.25, -0.2) is 0 Å². The van der Waals surface area contributed by atoms with E-state index in [1.807, 2.05) is 4.90 Å². The van der Waals surface area contributed by atoms with Crippen molar-refractivity contribution in [3.8, 4) is 6.07 Å². The van der Waals surface area contributed by atoms with E-state index in [9.17, 15) is 9.59 Å². The van der Waals surface area contributed by atoms with Gasteiger partial charge in [0.05, 0.1) is 12.7 Å². The molecule has 0 aromatic rings. The highest BCUT2D eigenvalue weighted by Gasteiger charge is 2.17. The summed E-state index contributed by atoms with van der Waals surface area (Å²) in [5.41, 5.74) is 0. The number of hydrogen-bond acceptors (Lipinski definition) is 5. The van der Waals surface area contributed by atoms with Crippen LogP contribution in [-0.4, -0.2) is 62.7 Å². The minimum atomic E-state index is -0.396. The van der Waals surface area contributed by atoms with Gasteiger partial charge in [0.25, 0.3) is 0 Å². The molecular formula is C12H22N4O3. The number of rotatable bonds is 9. The first-order valence-corrected chi connectivity index (χ1v) is 6.12. The van der Waals surface area contributed by atoms with E-state index in [2.05, 4.69) is 16.7 Å². The molecule has 0 radical (unpaired) electrons. The molecule has 0 aliphatic carbocycles. The summed E-state index contributed by atoms with van der Waals surface area (Å²) in [4.78, 5) is 23.5. The zero-order chi connectivity index (χ0) is 14.7. The third-order valence-electron chi connectivity index (χ3n) is 2.46. The Morgan fingerprint density at radius 2 is 1.68 bits per heavy atom. The van der Waals surface area contributed by atoms with Gasteiger partial charge in [0, 0.05) is 47.1 Å². The van der Waals surface area contributed by atoms with Crippen LogP contribution in [0.2, 0.25) is 0 Å². The van der Waals surface area contributed by atoms with Gasteiger partial charge in [-0.15, -0.1) is 0 Å². The van der Waals surface area contributed by atoms with Crippen molar-refractivity contribution >= 4 is 11.8 Å². The molecule has 0 saturated heterocycles. The average molecular weight is 270 g/mol. The maximum absolute atomic E-state index is 10.8. The van der Waals surface area contributed by atoms with Crippen molar-refractivity contribution in [2.24, 2.45) is 0 Å². The topological polar surface area (TPSA) is 94.5 Å². The van der Waals surface area contributed by atoms with E-state index in [1.165, 1.54) is 21.0 Å². The first kappa shape index (κ1) is 17.4. The summed E-state index contributed by atoms with van der Waals surface area (Å²) >= 11 is 0. The predicted octanol–water partition coefficient (Wildman–Crippen LogP) is -0.901. The Morgan fingerprint density at radius 1 is 1.21 bits per heavy atom. The molecule has 108 valence electrons. The first-order valence-electron chi connectivity index (χ1n) is 6.12. The van der Waals surface area contributed by atoms with Crippen LogP contribution in [0, 0.1) is 11.3 Å². The van der Waals surface area contributed by atoms with E-state index in [4.69, 9.17) is 10.00 Å². The van der Waals surface area contributed by atoms with Crippen LogP contribution in [0.3, 0.4) is 0 Å². The number of nitrogens with zero attached hydrogens (tertiary/aromatic N) is 2. The number of amides is 2. The van der Waals surface area contributed by atoms with E-state index in [1.54, 1.807) is 0 Å². The lowest BCUT2D eigenvalue weighted by molar-refractivity contribution is -0.119. The second-order valence-electron chi connectivity index (χ2n) is 4.10. The largest absolute Gasteiger partial charge is 0.382 e. The molecule has 0 aromatic heterocycles. The number of carbonyl (C=O) groups is 2. The van der Waals surface area contributed by atoms with Crippen LogP contribution in [0.15, 0.2) is 0 Å². The predicted molar refractivity (Wildman–Crippen MR) is 70.2 cm³/mol. The molecule has 0 fully saturated rings. The van der Waals surface area contributed by atoms with Gasteiger partial charge in [-0.2, -0.15) is 5.26 Å². The van der Waals surface area contributed by atoms with E-state index in [-0.39, 0.29) is 18.4 Å². The summed E-state index contributed by atoms with van der Waals surface area (Å²) in [6.45, 7) is 5.14. The Kier molecular flexibility index (Phi) is 9.40. The van der Waals surface area contributed by atoms with Crippen LogP contribution in [0.25, 0.3) is 0 Å².